The molecule has 0 aromatic rings. The molecule has 0 N–H and O–H groups in total. The van der Waals surface area contributed by atoms with Crippen LogP contribution in [0.3, 0.4) is 0 Å². The molecule has 0 amide bonds. The van der Waals surface area contributed by atoms with Gasteiger partial charge < -0.3 is 9.47 Å². The zero-order valence-electron chi connectivity index (χ0n) is 8.02. The number of ether oxygens (including phenoxy) is 2. The van der Waals surface area contributed by atoms with E-state index < -0.39 is 7.82 Å². The van der Waals surface area contributed by atoms with Crippen LogP contribution in [0.2, 0.25) is 0 Å². The molecule has 0 saturated carbocycles. The van der Waals surface area contributed by atoms with Gasteiger partial charge in [-0.05, 0) is 0 Å². The third-order valence-corrected chi connectivity index (χ3v) is 2.49. The van der Waals surface area contributed by atoms with Crippen molar-refractivity contribution in [2.45, 2.75) is 0 Å². The van der Waals surface area contributed by atoms with Crippen molar-refractivity contribution in [3.63, 3.8) is 0 Å². The smallest absolute Gasteiger partial charge is 0.382 e. The summed E-state index contributed by atoms with van der Waals surface area (Å²) in [6.45, 7) is 0.667. The second-order valence-corrected chi connectivity index (χ2v) is 3.84. The summed E-state index contributed by atoms with van der Waals surface area (Å²) in [5.41, 5.74) is 0. The normalized spacial score (nSPS) is 11.9. The Morgan fingerprint density at radius 1 is 1.08 bits per heavy atom. The Morgan fingerprint density at radius 2 is 1.69 bits per heavy atom. The zero-order chi connectivity index (χ0) is 10.2. The van der Waals surface area contributed by atoms with E-state index in [2.05, 4.69) is 9.05 Å². The Hall–Kier alpha value is 0.0300. The number of hydrogen-bond acceptors (Lipinski definition) is 6. The maximum atomic E-state index is 11.2. The molecule has 0 unspecified atom stereocenters. The van der Waals surface area contributed by atoms with Crippen LogP contribution in [-0.2, 0) is 27.6 Å². The van der Waals surface area contributed by atoms with Crippen LogP contribution in [0, 0.1) is 0 Å². The van der Waals surface area contributed by atoms with E-state index in [1.165, 1.54) is 14.2 Å². The van der Waals surface area contributed by atoms with Gasteiger partial charge in [0.25, 0.3) is 0 Å². The van der Waals surface area contributed by atoms with Crippen molar-refractivity contribution < 1.29 is 27.6 Å². The Bertz CT molecular complexity index is 153. The minimum Gasteiger partial charge on any atom is -0.382 e. The van der Waals surface area contributed by atoms with Gasteiger partial charge in [-0.3, -0.25) is 13.6 Å². The third-order valence-electron chi connectivity index (χ3n) is 1.17. The molecule has 0 fully saturated rings. The maximum absolute atomic E-state index is 11.2. The average Bonchev–Trinajstić information content (AvgIpc) is 2.17. The second-order valence-electron chi connectivity index (χ2n) is 1.96. The molecule has 0 atom stereocenters. The van der Waals surface area contributed by atoms with Crippen molar-refractivity contribution in [1.29, 1.82) is 0 Å². The molecular weight excluding hydrogens is 199 g/mol. The van der Waals surface area contributed by atoms with E-state index in [1.54, 1.807) is 7.11 Å². The SMILES string of the molecule is COCCOCOP(=O)(OC)OC. The van der Waals surface area contributed by atoms with E-state index in [-0.39, 0.29) is 6.79 Å². The van der Waals surface area contributed by atoms with Crippen LogP contribution in [-0.4, -0.2) is 41.3 Å². The molecule has 0 rings (SSSR count). The Morgan fingerprint density at radius 3 is 2.15 bits per heavy atom. The van der Waals surface area contributed by atoms with Gasteiger partial charge in [-0.1, -0.05) is 0 Å². The summed E-state index contributed by atoms with van der Waals surface area (Å²) in [6.07, 6.45) is 0. The van der Waals surface area contributed by atoms with E-state index in [9.17, 15) is 4.57 Å². The molecule has 0 aliphatic heterocycles. The third kappa shape index (κ3) is 6.15. The van der Waals surface area contributed by atoms with Crippen LogP contribution < -0.4 is 0 Å². The Balaban J connectivity index is 3.45. The van der Waals surface area contributed by atoms with Crippen molar-refractivity contribution in [3.05, 3.63) is 0 Å². The van der Waals surface area contributed by atoms with Gasteiger partial charge in [-0.15, -0.1) is 0 Å². The van der Waals surface area contributed by atoms with Crippen LogP contribution in [0.4, 0.5) is 0 Å². The lowest BCUT2D eigenvalue weighted by Crippen LogP contribution is -2.05. The van der Waals surface area contributed by atoms with Gasteiger partial charge in [0.15, 0.2) is 6.79 Å². The van der Waals surface area contributed by atoms with E-state index in [0.29, 0.717) is 13.2 Å². The van der Waals surface area contributed by atoms with Crippen LogP contribution in [0.5, 0.6) is 0 Å². The number of phosphoric acid groups is 1. The lowest BCUT2D eigenvalue weighted by Gasteiger charge is -2.12. The highest BCUT2D eigenvalue weighted by molar-refractivity contribution is 7.48. The molecule has 0 aliphatic carbocycles. The maximum Gasteiger partial charge on any atom is 0.476 e. The van der Waals surface area contributed by atoms with Crippen molar-refractivity contribution >= 4 is 7.82 Å². The molecular formula is C6H15O6P. The summed E-state index contributed by atoms with van der Waals surface area (Å²) in [7, 11) is 0.630. The fourth-order valence-corrected chi connectivity index (χ4v) is 1.05. The lowest BCUT2D eigenvalue weighted by molar-refractivity contribution is -0.0257. The molecule has 0 spiro atoms. The van der Waals surface area contributed by atoms with Gasteiger partial charge >= 0.3 is 7.82 Å². The fourth-order valence-electron chi connectivity index (χ4n) is 0.483. The molecule has 0 aliphatic rings. The minimum absolute atomic E-state index is 0.150. The highest BCUT2D eigenvalue weighted by atomic mass is 31.2. The predicted molar refractivity (Wildman–Crippen MR) is 45.4 cm³/mol. The summed E-state index contributed by atoms with van der Waals surface area (Å²) >= 11 is 0. The summed E-state index contributed by atoms with van der Waals surface area (Å²) < 4.78 is 34.5. The highest BCUT2D eigenvalue weighted by Crippen LogP contribution is 2.47. The van der Waals surface area contributed by atoms with Crippen LogP contribution in [0.15, 0.2) is 0 Å². The summed E-state index contributed by atoms with van der Waals surface area (Å²) in [6, 6.07) is 0. The summed E-state index contributed by atoms with van der Waals surface area (Å²) in [5, 5.41) is 0. The molecule has 7 heteroatoms. The first kappa shape index (κ1) is 13.0. The topological polar surface area (TPSA) is 63.2 Å². The second kappa shape index (κ2) is 7.44. The summed E-state index contributed by atoms with van der Waals surface area (Å²) in [5.74, 6) is 0. The molecule has 0 heterocycles. The largest absolute Gasteiger partial charge is 0.476 e. The molecule has 0 radical (unpaired) electrons. The number of rotatable bonds is 8. The van der Waals surface area contributed by atoms with Crippen LogP contribution >= 0.6 is 7.82 Å². The van der Waals surface area contributed by atoms with E-state index in [0.717, 1.165) is 0 Å². The van der Waals surface area contributed by atoms with Crippen molar-refractivity contribution in [2.75, 3.05) is 41.3 Å². The highest BCUT2D eigenvalue weighted by Gasteiger charge is 2.22. The quantitative estimate of drug-likeness (QED) is 0.341. The van der Waals surface area contributed by atoms with Crippen LogP contribution in [0.25, 0.3) is 0 Å². The molecule has 6 nitrogen and oxygen atoms in total. The number of phosphoric ester groups is 1. The van der Waals surface area contributed by atoms with Gasteiger partial charge in [0.2, 0.25) is 0 Å². The number of hydrogen-bond donors (Lipinski definition) is 0. The van der Waals surface area contributed by atoms with Gasteiger partial charge in [-0.2, -0.15) is 0 Å². The molecule has 0 bridgehead atoms. The fraction of sp³-hybridized carbons (Fsp3) is 1.00. The molecule has 0 aromatic carbocycles. The first-order chi connectivity index (χ1) is 6.18. The standard InChI is InChI=1S/C6H15O6P/c1-8-4-5-11-6-12-13(7,9-2)10-3/h4-6H2,1-3H3. The van der Waals surface area contributed by atoms with Crippen LogP contribution in [0.1, 0.15) is 0 Å². The van der Waals surface area contributed by atoms with E-state index in [1.807, 2.05) is 0 Å². The molecule has 0 saturated heterocycles. The van der Waals surface area contributed by atoms with E-state index >= 15 is 0 Å². The van der Waals surface area contributed by atoms with Crippen molar-refractivity contribution in [1.82, 2.24) is 0 Å². The molecule has 80 valence electrons. The van der Waals surface area contributed by atoms with E-state index in [4.69, 9.17) is 14.0 Å². The lowest BCUT2D eigenvalue weighted by atomic mass is 10.8. The minimum atomic E-state index is -3.40. The van der Waals surface area contributed by atoms with Gasteiger partial charge in [0.05, 0.1) is 13.2 Å². The Labute approximate surface area is 77.7 Å². The van der Waals surface area contributed by atoms with Gasteiger partial charge in [0.1, 0.15) is 0 Å². The number of methoxy groups -OCH3 is 1. The van der Waals surface area contributed by atoms with Crippen molar-refractivity contribution in [2.24, 2.45) is 0 Å². The first-order valence-corrected chi connectivity index (χ1v) is 5.07. The first-order valence-electron chi connectivity index (χ1n) is 3.61. The van der Waals surface area contributed by atoms with Gasteiger partial charge in [0, 0.05) is 21.3 Å². The molecule has 13 heavy (non-hydrogen) atoms. The molecule has 0 aromatic heterocycles. The average molecular weight is 214 g/mol. The summed E-state index contributed by atoms with van der Waals surface area (Å²) in [4.78, 5) is 0. The monoisotopic (exact) mass is 214 g/mol. The predicted octanol–water partition coefficient (Wildman–Crippen LogP) is 1.02. The zero-order valence-corrected chi connectivity index (χ0v) is 8.91. The van der Waals surface area contributed by atoms with Gasteiger partial charge in [-0.25, -0.2) is 4.57 Å². The van der Waals surface area contributed by atoms with Crippen molar-refractivity contribution in [3.8, 4) is 0 Å². The Kier molecular flexibility index (Phi) is 7.45.